The van der Waals surface area contributed by atoms with Crippen LogP contribution in [-0.4, -0.2) is 44.8 Å². The maximum absolute atomic E-state index is 11.4. The maximum atomic E-state index is 11.4. The Morgan fingerprint density at radius 1 is 1.48 bits per heavy atom. The monoisotopic (exact) mass is 310 g/mol. The molecule has 0 saturated carbocycles. The van der Waals surface area contributed by atoms with Gasteiger partial charge in [0.2, 0.25) is 0 Å². The Morgan fingerprint density at radius 3 is 2.71 bits per heavy atom. The largest absolute Gasteiger partial charge is 0.476 e. The van der Waals surface area contributed by atoms with Crippen molar-refractivity contribution in [3.8, 4) is 10.6 Å². The van der Waals surface area contributed by atoms with E-state index in [4.69, 9.17) is 4.74 Å². The lowest BCUT2D eigenvalue weighted by Gasteiger charge is -2.14. The molecular weight excluding hydrogens is 292 g/mol. The maximum Gasteiger partial charge on any atom is 0.358 e. The summed E-state index contributed by atoms with van der Waals surface area (Å²) in [6, 6.07) is -0.0117. The van der Waals surface area contributed by atoms with Crippen molar-refractivity contribution in [2.75, 3.05) is 13.7 Å². The average molecular weight is 310 g/mol. The molecule has 0 radical (unpaired) electrons. The molecule has 1 N–H and O–H groups in total. The SMILES string of the molecule is COCCC(C)n1nnc(C(=O)O)c1-c1sc(C)nc1C. The van der Waals surface area contributed by atoms with Gasteiger partial charge in [0.1, 0.15) is 5.69 Å². The quantitative estimate of drug-likeness (QED) is 0.880. The van der Waals surface area contributed by atoms with Crippen LogP contribution in [0.3, 0.4) is 0 Å². The highest BCUT2D eigenvalue weighted by Crippen LogP contribution is 2.33. The Kier molecular flexibility index (Phi) is 4.69. The van der Waals surface area contributed by atoms with Crippen LogP contribution in [0.1, 0.15) is 40.6 Å². The lowest BCUT2D eigenvalue weighted by molar-refractivity contribution is 0.0691. The zero-order chi connectivity index (χ0) is 15.6. The smallest absolute Gasteiger partial charge is 0.358 e. The van der Waals surface area contributed by atoms with Crippen LogP contribution in [0.15, 0.2) is 0 Å². The molecule has 0 amide bonds. The molecule has 0 fully saturated rings. The van der Waals surface area contributed by atoms with Crippen LogP contribution in [0.2, 0.25) is 0 Å². The van der Waals surface area contributed by atoms with Gasteiger partial charge in [-0.05, 0) is 27.2 Å². The van der Waals surface area contributed by atoms with Crippen LogP contribution in [0.4, 0.5) is 0 Å². The summed E-state index contributed by atoms with van der Waals surface area (Å²) in [5.74, 6) is -1.08. The zero-order valence-corrected chi connectivity index (χ0v) is 13.3. The van der Waals surface area contributed by atoms with Crippen LogP contribution < -0.4 is 0 Å². The van der Waals surface area contributed by atoms with E-state index in [0.29, 0.717) is 12.3 Å². The van der Waals surface area contributed by atoms with Crippen LogP contribution >= 0.6 is 11.3 Å². The number of carboxylic acids is 1. The number of rotatable bonds is 6. The number of ether oxygens (including phenoxy) is 1. The van der Waals surface area contributed by atoms with Crippen molar-refractivity contribution in [2.45, 2.75) is 33.2 Å². The first-order valence-corrected chi connectivity index (χ1v) is 7.39. The van der Waals surface area contributed by atoms with Gasteiger partial charge in [0, 0.05) is 13.7 Å². The molecule has 114 valence electrons. The minimum absolute atomic E-state index is 0.0117. The van der Waals surface area contributed by atoms with E-state index < -0.39 is 5.97 Å². The average Bonchev–Trinajstić information content (AvgIpc) is 2.98. The predicted octanol–water partition coefficient (Wildman–Crippen LogP) is 2.31. The molecule has 1 atom stereocenters. The molecule has 2 aromatic heterocycles. The predicted molar refractivity (Wildman–Crippen MR) is 78.8 cm³/mol. The highest BCUT2D eigenvalue weighted by Gasteiger charge is 2.26. The molecule has 8 heteroatoms. The minimum atomic E-state index is -1.08. The lowest BCUT2D eigenvalue weighted by Crippen LogP contribution is -2.12. The van der Waals surface area contributed by atoms with E-state index in [0.717, 1.165) is 22.0 Å². The summed E-state index contributed by atoms with van der Waals surface area (Å²) < 4.78 is 6.73. The normalized spacial score (nSPS) is 12.6. The lowest BCUT2D eigenvalue weighted by atomic mass is 10.2. The summed E-state index contributed by atoms with van der Waals surface area (Å²) in [5, 5.41) is 18.1. The van der Waals surface area contributed by atoms with Gasteiger partial charge < -0.3 is 9.84 Å². The molecule has 2 rings (SSSR count). The first kappa shape index (κ1) is 15.6. The van der Waals surface area contributed by atoms with Crippen molar-refractivity contribution in [3.63, 3.8) is 0 Å². The van der Waals surface area contributed by atoms with E-state index in [1.165, 1.54) is 11.3 Å². The number of aromatic carboxylic acids is 1. The van der Waals surface area contributed by atoms with Gasteiger partial charge in [-0.3, -0.25) is 0 Å². The summed E-state index contributed by atoms with van der Waals surface area (Å²) in [4.78, 5) is 16.6. The van der Waals surface area contributed by atoms with Gasteiger partial charge in [0.05, 0.1) is 21.6 Å². The molecule has 7 nitrogen and oxygen atoms in total. The van der Waals surface area contributed by atoms with E-state index >= 15 is 0 Å². The van der Waals surface area contributed by atoms with Gasteiger partial charge in [-0.2, -0.15) is 0 Å². The van der Waals surface area contributed by atoms with Crippen molar-refractivity contribution in [3.05, 3.63) is 16.4 Å². The molecule has 1 unspecified atom stereocenters. The fourth-order valence-corrected chi connectivity index (χ4v) is 3.08. The number of carboxylic acid groups (broad SMARTS) is 1. The highest BCUT2D eigenvalue weighted by atomic mass is 32.1. The van der Waals surface area contributed by atoms with Crippen molar-refractivity contribution >= 4 is 17.3 Å². The van der Waals surface area contributed by atoms with E-state index in [2.05, 4.69) is 15.3 Å². The summed E-state index contributed by atoms with van der Waals surface area (Å²) >= 11 is 1.45. The van der Waals surface area contributed by atoms with Gasteiger partial charge in [-0.15, -0.1) is 16.4 Å². The molecule has 0 aliphatic rings. The molecular formula is C13H18N4O3S. The summed E-state index contributed by atoms with van der Waals surface area (Å²) in [7, 11) is 1.63. The number of nitrogens with zero attached hydrogens (tertiary/aromatic N) is 4. The van der Waals surface area contributed by atoms with E-state index in [1.807, 2.05) is 20.8 Å². The molecule has 2 heterocycles. The number of hydrogen-bond acceptors (Lipinski definition) is 6. The van der Waals surface area contributed by atoms with Crippen molar-refractivity contribution < 1.29 is 14.6 Å². The Hall–Kier alpha value is -1.80. The Labute approximate surface area is 126 Å². The second-order valence-corrected chi connectivity index (χ2v) is 6.02. The molecule has 0 saturated heterocycles. The minimum Gasteiger partial charge on any atom is -0.476 e. The van der Waals surface area contributed by atoms with E-state index in [9.17, 15) is 9.90 Å². The third kappa shape index (κ3) is 3.11. The highest BCUT2D eigenvalue weighted by molar-refractivity contribution is 7.15. The number of aromatic nitrogens is 4. The standard InChI is InChI=1S/C13H18N4O3S/c1-7(5-6-20-4)17-11(10(13(18)19)15-16-17)12-8(2)14-9(3)21-12/h7H,5-6H2,1-4H3,(H,18,19). The van der Waals surface area contributed by atoms with Gasteiger partial charge >= 0.3 is 5.97 Å². The van der Waals surface area contributed by atoms with Gasteiger partial charge in [0.15, 0.2) is 5.69 Å². The van der Waals surface area contributed by atoms with E-state index in [-0.39, 0.29) is 11.7 Å². The molecule has 0 spiro atoms. The second-order valence-electron chi connectivity index (χ2n) is 4.81. The summed E-state index contributed by atoms with van der Waals surface area (Å²) in [6.45, 7) is 6.29. The van der Waals surface area contributed by atoms with Gasteiger partial charge in [0.25, 0.3) is 0 Å². The second kappa shape index (κ2) is 6.31. The first-order valence-electron chi connectivity index (χ1n) is 6.57. The molecule has 0 aliphatic carbocycles. The van der Waals surface area contributed by atoms with Gasteiger partial charge in [-0.1, -0.05) is 5.21 Å². The number of hydrogen-bond donors (Lipinski definition) is 1. The van der Waals surface area contributed by atoms with Crippen molar-refractivity contribution in [2.24, 2.45) is 0 Å². The third-order valence-corrected chi connectivity index (χ3v) is 4.25. The Morgan fingerprint density at radius 2 is 2.19 bits per heavy atom. The number of methoxy groups -OCH3 is 1. The molecule has 0 aromatic carbocycles. The van der Waals surface area contributed by atoms with Crippen LogP contribution in [-0.2, 0) is 4.74 Å². The Balaban J connectivity index is 2.53. The molecule has 0 aliphatic heterocycles. The third-order valence-electron chi connectivity index (χ3n) is 3.17. The zero-order valence-electron chi connectivity index (χ0n) is 12.5. The molecule has 0 bridgehead atoms. The van der Waals surface area contributed by atoms with Crippen molar-refractivity contribution in [1.29, 1.82) is 0 Å². The summed E-state index contributed by atoms with van der Waals surface area (Å²) in [5.41, 5.74) is 1.28. The van der Waals surface area contributed by atoms with Crippen LogP contribution in [0.5, 0.6) is 0 Å². The van der Waals surface area contributed by atoms with Crippen molar-refractivity contribution in [1.82, 2.24) is 20.0 Å². The number of aryl methyl sites for hydroxylation is 2. The molecule has 2 aromatic rings. The van der Waals surface area contributed by atoms with E-state index in [1.54, 1.807) is 11.8 Å². The van der Waals surface area contributed by atoms with Crippen LogP contribution in [0, 0.1) is 13.8 Å². The molecule has 21 heavy (non-hydrogen) atoms. The Bertz CT molecular complexity index is 650. The van der Waals surface area contributed by atoms with Gasteiger partial charge in [-0.25, -0.2) is 14.5 Å². The first-order chi connectivity index (χ1) is 9.95. The summed E-state index contributed by atoms with van der Waals surface area (Å²) in [6.07, 6.45) is 0.725. The fourth-order valence-electron chi connectivity index (χ4n) is 2.12. The number of thiazole rings is 1. The number of carbonyl (C=O) groups is 1. The van der Waals surface area contributed by atoms with Crippen LogP contribution in [0.25, 0.3) is 10.6 Å². The fraction of sp³-hybridized carbons (Fsp3) is 0.538. The topological polar surface area (TPSA) is 90.1 Å².